The average molecular weight is 242 g/mol. The standard InChI is InChI=1S/C16H22N2/c1-12(14-4-2-3-5-14)18-11-13-6-7-15-8-9-17-16(15)10-13/h6-10,12,14,17-18H,2-5,11H2,1H3/t12-/m1/s1. The number of nitrogens with one attached hydrogen (secondary N) is 2. The van der Waals surface area contributed by atoms with Gasteiger partial charge in [0, 0.05) is 24.3 Å². The third kappa shape index (κ3) is 2.44. The molecule has 1 aromatic carbocycles. The van der Waals surface area contributed by atoms with Gasteiger partial charge in [0.1, 0.15) is 0 Å². The number of fused-ring (bicyclic) bond motifs is 1. The van der Waals surface area contributed by atoms with Crippen LogP contribution in [0, 0.1) is 5.92 Å². The fraction of sp³-hybridized carbons (Fsp3) is 0.500. The second-order valence-electron chi connectivity index (χ2n) is 5.61. The Morgan fingerprint density at radius 2 is 2.11 bits per heavy atom. The molecule has 0 aliphatic heterocycles. The minimum atomic E-state index is 0.645. The molecule has 3 rings (SSSR count). The molecule has 0 bridgehead atoms. The summed E-state index contributed by atoms with van der Waals surface area (Å²) in [5.74, 6) is 0.888. The van der Waals surface area contributed by atoms with Gasteiger partial charge >= 0.3 is 0 Å². The van der Waals surface area contributed by atoms with Crippen LogP contribution in [-0.4, -0.2) is 11.0 Å². The van der Waals surface area contributed by atoms with E-state index in [2.05, 4.69) is 41.5 Å². The van der Waals surface area contributed by atoms with Crippen LogP contribution in [0.25, 0.3) is 10.9 Å². The minimum Gasteiger partial charge on any atom is -0.361 e. The van der Waals surface area contributed by atoms with Crippen LogP contribution >= 0.6 is 0 Å². The Morgan fingerprint density at radius 1 is 1.28 bits per heavy atom. The monoisotopic (exact) mass is 242 g/mol. The molecular weight excluding hydrogens is 220 g/mol. The number of aromatic amines is 1. The van der Waals surface area contributed by atoms with Crippen molar-refractivity contribution < 1.29 is 0 Å². The lowest BCUT2D eigenvalue weighted by atomic mass is 9.99. The van der Waals surface area contributed by atoms with Crippen molar-refractivity contribution in [3.8, 4) is 0 Å². The van der Waals surface area contributed by atoms with E-state index in [-0.39, 0.29) is 0 Å². The van der Waals surface area contributed by atoms with Gasteiger partial charge in [0.2, 0.25) is 0 Å². The van der Waals surface area contributed by atoms with Crippen LogP contribution in [-0.2, 0) is 6.54 Å². The van der Waals surface area contributed by atoms with Gasteiger partial charge in [-0.1, -0.05) is 25.0 Å². The van der Waals surface area contributed by atoms with Crippen molar-refractivity contribution in [1.29, 1.82) is 0 Å². The highest BCUT2D eigenvalue weighted by Gasteiger charge is 2.20. The second kappa shape index (κ2) is 5.15. The molecule has 0 saturated heterocycles. The molecule has 1 saturated carbocycles. The first kappa shape index (κ1) is 11.8. The molecule has 0 unspecified atom stereocenters. The molecule has 18 heavy (non-hydrogen) atoms. The molecule has 2 N–H and O–H groups in total. The highest BCUT2D eigenvalue weighted by Crippen LogP contribution is 2.27. The maximum Gasteiger partial charge on any atom is 0.0457 e. The van der Waals surface area contributed by atoms with E-state index in [1.165, 1.54) is 42.1 Å². The highest BCUT2D eigenvalue weighted by molar-refractivity contribution is 5.79. The zero-order valence-electron chi connectivity index (χ0n) is 11.1. The molecular formula is C16H22N2. The number of hydrogen-bond donors (Lipinski definition) is 2. The van der Waals surface area contributed by atoms with Crippen molar-refractivity contribution in [2.24, 2.45) is 5.92 Å². The number of rotatable bonds is 4. The minimum absolute atomic E-state index is 0.645. The smallest absolute Gasteiger partial charge is 0.0457 e. The van der Waals surface area contributed by atoms with E-state index < -0.39 is 0 Å². The lowest BCUT2D eigenvalue weighted by Crippen LogP contribution is -2.31. The molecule has 0 amide bonds. The zero-order valence-corrected chi connectivity index (χ0v) is 11.1. The van der Waals surface area contributed by atoms with Gasteiger partial charge in [-0.2, -0.15) is 0 Å². The van der Waals surface area contributed by atoms with E-state index >= 15 is 0 Å². The van der Waals surface area contributed by atoms with Crippen LogP contribution in [0.5, 0.6) is 0 Å². The molecule has 1 fully saturated rings. The molecule has 1 aliphatic carbocycles. The number of hydrogen-bond acceptors (Lipinski definition) is 1. The summed E-state index contributed by atoms with van der Waals surface area (Å²) in [6, 6.07) is 9.44. The van der Waals surface area contributed by atoms with Crippen LogP contribution in [0.2, 0.25) is 0 Å². The first-order chi connectivity index (χ1) is 8.83. The maximum absolute atomic E-state index is 3.68. The van der Waals surface area contributed by atoms with E-state index in [9.17, 15) is 0 Å². The van der Waals surface area contributed by atoms with E-state index in [1.54, 1.807) is 0 Å². The maximum atomic E-state index is 3.68. The van der Waals surface area contributed by atoms with Gasteiger partial charge in [0.05, 0.1) is 0 Å². The quantitative estimate of drug-likeness (QED) is 0.837. The second-order valence-corrected chi connectivity index (χ2v) is 5.61. The summed E-state index contributed by atoms with van der Waals surface area (Å²) >= 11 is 0. The first-order valence-electron chi connectivity index (χ1n) is 7.12. The molecule has 2 nitrogen and oxygen atoms in total. The summed E-state index contributed by atoms with van der Waals surface area (Å²) in [5.41, 5.74) is 2.61. The lowest BCUT2D eigenvalue weighted by Gasteiger charge is -2.20. The van der Waals surface area contributed by atoms with Gasteiger partial charge in [-0.15, -0.1) is 0 Å². The normalized spacial score (nSPS) is 18.5. The molecule has 0 spiro atoms. The van der Waals surface area contributed by atoms with Gasteiger partial charge in [0.25, 0.3) is 0 Å². The molecule has 0 radical (unpaired) electrons. The Bertz CT molecular complexity index is 509. The van der Waals surface area contributed by atoms with E-state index in [4.69, 9.17) is 0 Å². The summed E-state index contributed by atoms with van der Waals surface area (Å²) in [7, 11) is 0. The van der Waals surface area contributed by atoms with Crippen LogP contribution in [0.4, 0.5) is 0 Å². The van der Waals surface area contributed by atoms with E-state index in [0.29, 0.717) is 6.04 Å². The summed E-state index contributed by atoms with van der Waals surface area (Å²) < 4.78 is 0. The van der Waals surface area contributed by atoms with Crippen LogP contribution < -0.4 is 5.32 Å². The van der Waals surface area contributed by atoms with Crippen LogP contribution in [0.15, 0.2) is 30.5 Å². The lowest BCUT2D eigenvalue weighted by molar-refractivity contribution is 0.380. The fourth-order valence-corrected chi connectivity index (χ4v) is 3.11. The Hall–Kier alpha value is -1.28. The SMILES string of the molecule is C[C@@H](NCc1ccc2cc[nH]c2c1)C1CCCC1. The van der Waals surface area contributed by atoms with E-state index in [0.717, 1.165) is 12.5 Å². The largest absolute Gasteiger partial charge is 0.361 e. The van der Waals surface area contributed by atoms with Crippen molar-refractivity contribution >= 4 is 10.9 Å². The highest BCUT2D eigenvalue weighted by atomic mass is 14.9. The Labute approximate surface area is 109 Å². The third-order valence-electron chi connectivity index (χ3n) is 4.35. The van der Waals surface area contributed by atoms with Gasteiger partial charge in [-0.25, -0.2) is 0 Å². The predicted octanol–water partition coefficient (Wildman–Crippen LogP) is 3.84. The molecule has 1 aliphatic rings. The summed E-state index contributed by atoms with van der Waals surface area (Å²) in [6.07, 6.45) is 7.66. The van der Waals surface area contributed by atoms with Gasteiger partial charge in [-0.3, -0.25) is 0 Å². The van der Waals surface area contributed by atoms with Gasteiger partial charge in [0.15, 0.2) is 0 Å². The molecule has 96 valence electrons. The van der Waals surface area contributed by atoms with Gasteiger partial charge < -0.3 is 10.3 Å². The zero-order chi connectivity index (χ0) is 12.4. The van der Waals surface area contributed by atoms with Crippen LogP contribution in [0.1, 0.15) is 38.2 Å². The number of benzene rings is 1. The summed E-state index contributed by atoms with van der Waals surface area (Å²) in [4.78, 5) is 3.27. The fourth-order valence-electron chi connectivity index (χ4n) is 3.11. The number of H-pyrrole nitrogens is 1. The van der Waals surface area contributed by atoms with Crippen molar-refractivity contribution in [3.63, 3.8) is 0 Å². The van der Waals surface area contributed by atoms with Crippen molar-refractivity contribution in [2.45, 2.75) is 45.2 Å². The third-order valence-corrected chi connectivity index (χ3v) is 4.35. The molecule has 1 heterocycles. The Morgan fingerprint density at radius 3 is 2.94 bits per heavy atom. The predicted molar refractivity (Wildman–Crippen MR) is 76.6 cm³/mol. The first-order valence-corrected chi connectivity index (χ1v) is 7.12. The Balaban J connectivity index is 1.61. The van der Waals surface area contributed by atoms with Crippen molar-refractivity contribution in [1.82, 2.24) is 10.3 Å². The molecule has 2 aromatic rings. The summed E-state index contributed by atoms with van der Waals surface area (Å²) in [5, 5.41) is 4.98. The summed E-state index contributed by atoms with van der Waals surface area (Å²) in [6.45, 7) is 3.32. The topological polar surface area (TPSA) is 27.8 Å². The molecule has 1 atom stereocenters. The Kier molecular flexibility index (Phi) is 3.37. The van der Waals surface area contributed by atoms with Crippen molar-refractivity contribution in [2.75, 3.05) is 0 Å². The molecule has 1 aromatic heterocycles. The van der Waals surface area contributed by atoms with E-state index in [1.807, 2.05) is 6.20 Å². The van der Waals surface area contributed by atoms with Crippen molar-refractivity contribution in [3.05, 3.63) is 36.0 Å². The average Bonchev–Trinajstić information content (AvgIpc) is 3.05. The molecule has 2 heteroatoms. The number of aromatic nitrogens is 1. The van der Waals surface area contributed by atoms with Crippen LogP contribution in [0.3, 0.4) is 0 Å². The van der Waals surface area contributed by atoms with Gasteiger partial charge in [-0.05, 0) is 48.8 Å².